The maximum atomic E-state index is 10.6. The Kier molecular flexibility index (Phi) is 5.10. The first-order valence-corrected chi connectivity index (χ1v) is 10.9. The summed E-state index contributed by atoms with van der Waals surface area (Å²) in [6.45, 7) is 8.13. The minimum Gasteiger partial charge on any atom is -0.360 e. The molecule has 0 bridgehead atoms. The molecule has 0 atom stereocenters. The molecule has 22 heavy (non-hydrogen) atoms. The molecule has 2 aromatic rings. The average Bonchev–Trinajstić information content (AvgIpc) is 2.91. The average molecular weight is 319 g/mol. The molecule has 0 radical (unpaired) electrons. The second-order valence-corrected chi connectivity index (χ2v) is 12.0. The van der Waals surface area contributed by atoms with Gasteiger partial charge in [0.25, 0.3) is 5.69 Å². The third-order valence-corrected chi connectivity index (χ3v) is 4.97. The summed E-state index contributed by atoms with van der Waals surface area (Å²) in [5.41, 5.74) is 1.91. The van der Waals surface area contributed by atoms with Gasteiger partial charge in [-0.3, -0.25) is 10.1 Å². The Morgan fingerprint density at radius 1 is 1.23 bits per heavy atom. The Bertz CT molecular complexity index is 632. The van der Waals surface area contributed by atoms with Crippen LogP contribution in [0.3, 0.4) is 0 Å². The Morgan fingerprint density at radius 2 is 1.91 bits per heavy atom. The lowest BCUT2D eigenvalue weighted by Gasteiger charge is -2.15. The number of ether oxygens (including phenoxy) is 1. The zero-order valence-corrected chi connectivity index (χ0v) is 14.2. The van der Waals surface area contributed by atoms with Crippen LogP contribution >= 0.6 is 0 Å². The molecule has 0 saturated carbocycles. The fourth-order valence-corrected chi connectivity index (χ4v) is 2.65. The van der Waals surface area contributed by atoms with E-state index < -0.39 is 13.0 Å². The normalized spacial score (nSPS) is 11.6. The zero-order valence-electron chi connectivity index (χ0n) is 13.2. The van der Waals surface area contributed by atoms with E-state index in [0.29, 0.717) is 6.73 Å². The lowest BCUT2D eigenvalue weighted by Crippen LogP contribution is -2.22. The van der Waals surface area contributed by atoms with Gasteiger partial charge in [-0.05, 0) is 23.7 Å². The van der Waals surface area contributed by atoms with E-state index >= 15 is 0 Å². The number of hydrogen-bond donors (Lipinski definition) is 0. The van der Waals surface area contributed by atoms with Crippen molar-refractivity contribution in [3.63, 3.8) is 0 Å². The van der Waals surface area contributed by atoms with E-state index in [1.54, 1.807) is 23.0 Å². The molecule has 0 amide bonds. The van der Waals surface area contributed by atoms with Crippen LogP contribution in [-0.4, -0.2) is 29.4 Å². The van der Waals surface area contributed by atoms with Gasteiger partial charge in [0.1, 0.15) is 6.73 Å². The molecule has 0 aliphatic heterocycles. The summed E-state index contributed by atoms with van der Waals surface area (Å²) in [6, 6.07) is 7.58. The largest absolute Gasteiger partial charge is 0.360 e. The van der Waals surface area contributed by atoms with Crippen LogP contribution in [0.1, 0.15) is 0 Å². The Morgan fingerprint density at radius 3 is 2.50 bits per heavy atom. The van der Waals surface area contributed by atoms with Crippen LogP contribution in [0.5, 0.6) is 0 Å². The van der Waals surface area contributed by atoms with Crippen molar-refractivity contribution in [2.75, 3.05) is 6.61 Å². The third-order valence-electron chi connectivity index (χ3n) is 3.26. The molecule has 0 N–H and O–H groups in total. The molecule has 1 heterocycles. The van der Waals surface area contributed by atoms with Crippen molar-refractivity contribution >= 4 is 13.8 Å². The summed E-state index contributed by atoms with van der Waals surface area (Å²) in [6.07, 6.45) is 3.62. The Balaban J connectivity index is 1.92. The van der Waals surface area contributed by atoms with Crippen LogP contribution in [0.2, 0.25) is 25.7 Å². The molecular weight excluding hydrogens is 298 g/mol. The topological polar surface area (TPSA) is 70.2 Å². The highest BCUT2D eigenvalue weighted by Crippen LogP contribution is 2.21. The smallest absolute Gasteiger partial charge is 0.269 e. The van der Waals surface area contributed by atoms with Gasteiger partial charge >= 0.3 is 0 Å². The fraction of sp³-hybridized carbons (Fsp3) is 0.400. The predicted molar refractivity (Wildman–Crippen MR) is 88.4 cm³/mol. The SMILES string of the molecule is C[Si](C)(C)CCOCn1cc(-c2ccc([N+](=O)[O-])cc2)cn1. The van der Waals surface area contributed by atoms with Gasteiger partial charge in [0.05, 0.1) is 11.1 Å². The van der Waals surface area contributed by atoms with Gasteiger partial charge in [0.15, 0.2) is 0 Å². The van der Waals surface area contributed by atoms with E-state index in [9.17, 15) is 10.1 Å². The van der Waals surface area contributed by atoms with Gasteiger partial charge in [-0.15, -0.1) is 0 Å². The fourth-order valence-electron chi connectivity index (χ4n) is 1.90. The minimum absolute atomic E-state index is 0.0887. The Labute approximate surface area is 130 Å². The molecule has 1 aromatic carbocycles. The van der Waals surface area contributed by atoms with Crippen molar-refractivity contribution in [2.24, 2.45) is 0 Å². The number of aromatic nitrogens is 2. The molecule has 2 rings (SSSR count). The van der Waals surface area contributed by atoms with E-state index in [4.69, 9.17) is 4.74 Å². The van der Waals surface area contributed by atoms with Gasteiger partial charge in [-0.25, -0.2) is 4.68 Å². The van der Waals surface area contributed by atoms with Crippen LogP contribution in [0.15, 0.2) is 36.7 Å². The quantitative estimate of drug-likeness (QED) is 0.337. The number of rotatable bonds is 7. The number of nitro groups is 1. The van der Waals surface area contributed by atoms with Crippen LogP contribution < -0.4 is 0 Å². The number of hydrogen-bond acceptors (Lipinski definition) is 4. The number of non-ortho nitro benzene ring substituents is 1. The molecule has 118 valence electrons. The summed E-state index contributed by atoms with van der Waals surface area (Å²) in [7, 11) is -1.07. The van der Waals surface area contributed by atoms with E-state index in [1.165, 1.54) is 12.1 Å². The van der Waals surface area contributed by atoms with Crippen LogP contribution in [0.25, 0.3) is 11.1 Å². The minimum atomic E-state index is -1.07. The lowest BCUT2D eigenvalue weighted by molar-refractivity contribution is -0.384. The second kappa shape index (κ2) is 6.84. The van der Waals surface area contributed by atoms with Gasteiger partial charge in [0, 0.05) is 38.6 Å². The molecule has 1 aromatic heterocycles. The first kappa shape index (κ1) is 16.4. The highest BCUT2D eigenvalue weighted by molar-refractivity contribution is 6.76. The number of benzene rings is 1. The summed E-state index contributed by atoms with van der Waals surface area (Å²) in [5, 5.41) is 14.9. The number of nitrogens with zero attached hydrogens (tertiary/aromatic N) is 3. The molecule has 0 aliphatic carbocycles. The highest BCUT2D eigenvalue weighted by atomic mass is 28.3. The molecule has 7 heteroatoms. The van der Waals surface area contributed by atoms with Crippen molar-refractivity contribution < 1.29 is 9.66 Å². The Hall–Kier alpha value is -1.99. The van der Waals surface area contributed by atoms with E-state index in [1.807, 2.05) is 6.20 Å². The van der Waals surface area contributed by atoms with E-state index in [-0.39, 0.29) is 5.69 Å². The maximum Gasteiger partial charge on any atom is 0.269 e. The summed E-state index contributed by atoms with van der Waals surface area (Å²) in [4.78, 5) is 10.2. The monoisotopic (exact) mass is 319 g/mol. The predicted octanol–water partition coefficient (Wildman–Crippen LogP) is 3.77. The summed E-state index contributed by atoms with van der Waals surface area (Å²) in [5.74, 6) is 0. The van der Waals surface area contributed by atoms with Crippen molar-refractivity contribution in [1.29, 1.82) is 0 Å². The first-order valence-electron chi connectivity index (χ1n) is 7.20. The molecular formula is C15H21N3O3Si. The van der Waals surface area contributed by atoms with Gasteiger partial charge in [0.2, 0.25) is 0 Å². The van der Waals surface area contributed by atoms with Crippen molar-refractivity contribution in [1.82, 2.24) is 9.78 Å². The van der Waals surface area contributed by atoms with Gasteiger partial charge < -0.3 is 4.74 Å². The lowest BCUT2D eigenvalue weighted by atomic mass is 10.1. The molecule has 0 spiro atoms. The molecule has 0 saturated heterocycles. The van der Waals surface area contributed by atoms with Crippen molar-refractivity contribution in [3.05, 3.63) is 46.8 Å². The van der Waals surface area contributed by atoms with E-state index in [2.05, 4.69) is 24.7 Å². The van der Waals surface area contributed by atoms with Crippen LogP contribution in [0, 0.1) is 10.1 Å². The van der Waals surface area contributed by atoms with Crippen molar-refractivity contribution in [2.45, 2.75) is 32.4 Å². The zero-order chi connectivity index (χ0) is 16.2. The standard InChI is InChI=1S/C15H21N3O3Si/c1-22(2,3)9-8-21-12-17-11-14(10-16-17)13-4-6-15(7-5-13)18(19)20/h4-7,10-11H,8-9,12H2,1-3H3. The van der Waals surface area contributed by atoms with E-state index in [0.717, 1.165) is 23.8 Å². The van der Waals surface area contributed by atoms with Gasteiger partial charge in [-0.2, -0.15) is 5.10 Å². The highest BCUT2D eigenvalue weighted by Gasteiger charge is 2.12. The van der Waals surface area contributed by atoms with Crippen molar-refractivity contribution in [3.8, 4) is 11.1 Å². The maximum absolute atomic E-state index is 10.6. The summed E-state index contributed by atoms with van der Waals surface area (Å²) < 4.78 is 7.38. The molecule has 0 aliphatic rings. The van der Waals surface area contributed by atoms with Crippen LogP contribution in [0.4, 0.5) is 5.69 Å². The summed E-state index contributed by atoms with van der Waals surface area (Å²) >= 11 is 0. The third kappa shape index (κ3) is 4.78. The molecule has 0 fully saturated rings. The molecule has 6 nitrogen and oxygen atoms in total. The number of nitro benzene ring substituents is 1. The molecule has 0 unspecified atom stereocenters. The second-order valence-electron chi connectivity index (χ2n) is 6.42. The van der Waals surface area contributed by atoms with Crippen LogP contribution in [-0.2, 0) is 11.5 Å². The first-order chi connectivity index (χ1) is 10.3. The van der Waals surface area contributed by atoms with Gasteiger partial charge in [-0.1, -0.05) is 19.6 Å².